The molecule has 0 heterocycles. The van der Waals surface area contributed by atoms with Gasteiger partial charge in [0, 0.05) is 6.04 Å². The fourth-order valence-electron chi connectivity index (χ4n) is 1.57. The van der Waals surface area contributed by atoms with E-state index in [1.165, 1.54) is 0 Å². The Morgan fingerprint density at radius 1 is 1.20 bits per heavy atom. The topological polar surface area (TPSA) is 26.0 Å². The van der Waals surface area contributed by atoms with Crippen molar-refractivity contribution in [3.05, 3.63) is 0 Å². The van der Waals surface area contributed by atoms with Crippen LogP contribution < -0.4 is 5.73 Å². The molecule has 1 aliphatic rings. The maximum atomic E-state index is 13.1. The standard InChI is InChI=1S/C8H16FN/c1-5-3-4-6(2)8(10)7(5)9/h5-8H,3-4,10H2,1-2H3/t5-,6+,7+,8+/m0/s1. The van der Waals surface area contributed by atoms with E-state index in [1.54, 1.807) is 0 Å². The SMILES string of the molecule is C[C@@H]1CC[C@H](C)[C@@H](F)[C@@H]1N. The number of hydrogen-bond donors (Lipinski definition) is 1. The summed E-state index contributed by atoms with van der Waals surface area (Å²) in [5.41, 5.74) is 5.64. The monoisotopic (exact) mass is 145 g/mol. The highest BCUT2D eigenvalue weighted by atomic mass is 19.1. The summed E-state index contributed by atoms with van der Waals surface area (Å²) < 4.78 is 13.1. The van der Waals surface area contributed by atoms with Gasteiger partial charge >= 0.3 is 0 Å². The van der Waals surface area contributed by atoms with Crippen LogP contribution in [0.25, 0.3) is 0 Å². The van der Waals surface area contributed by atoms with Crippen molar-refractivity contribution in [3.8, 4) is 0 Å². The van der Waals surface area contributed by atoms with Gasteiger partial charge in [0.05, 0.1) is 0 Å². The third-order valence-electron chi connectivity index (χ3n) is 2.65. The van der Waals surface area contributed by atoms with Gasteiger partial charge in [-0.3, -0.25) is 0 Å². The van der Waals surface area contributed by atoms with E-state index in [0.717, 1.165) is 12.8 Å². The maximum absolute atomic E-state index is 13.1. The van der Waals surface area contributed by atoms with Crippen LogP contribution in [-0.2, 0) is 0 Å². The molecular weight excluding hydrogens is 129 g/mol. The van der Waals surface area contributed by atoms with Crippen LogP contribution in [-0.4, -0.2) is 12.2 Å². The normalized spacial score (nSPS) is 49.2. The van der Waals surface area contributed by atoms with Gasteiger partial charge in [0.2, 0.25) is 0 Å². The molecule has 1 nitrogen and oxygen atoms in total. The maximum Gasteiger partial charge on any atom is 0.118 e. The zero-order valence-corrected chi connectivity index (χ0v) is 6.68. The second-order valence-electron chi connectivity index (χ2n) is 3.55. The Kier molecular flexibility index (Phi) is 2.29. The first kappa shape index (κ1) is 7.99. The lowest BCUT2D eigenvalue weighted by Gasteiger charge is -2.33. The van der Waals surface area contributed by atoms with Gasteiger partial charge in [-0.1, -0.05) is 13.8 Å². The van der Waals surface area contributed by atoms with E-state index in [-0.39, 0.29) is 12.0 Å². The highest BCUT2D eigenvalue weighted by molar-refractivity contribution is 4.86. The summed E-state index contributed by atoms with van der Waals surface area (Å²) in [6.07, 6.45) is 1.31. The van der Waals surface area contributed by atoms with Crippen LogP contribution in [0.2, 0.25) is 0 Å². The van der Waals surface area contributed by atoms with Crippen LogP contribution in [0.3, 0.4) is 0 Å². The predicted octanol–water partition coefficient (Wildman–Crippen LogP) is 1.72. The van der Waals surface area contributed by atoms with E-state index >= 15 is 0 Å². The Hall–Kier alpha value is -0.110. The molecular formula is C8H16FN. The van der Waals surface area contributed by atoms with Crippen LogP contribution in [0.15, 0.2) is 0 Å². The number of rotatable bonds is 0. The van der Waals surface area contributed by atoms with Crippen molar-refractivity contribution in [2.45, 2.75) is 38.9 Å². The van der Waals surface area contributed by atoms with E-state index in [2.05, 4.69) is 0 Å². The lowest BCUT2D eigenvalue weighted by Crippen LogP contribution is -2.44. The van der Waals surface area contributed by atoms with Crippen molar-refractivity contribution in [1.82, 2.24) is 0 Å². The summed E-state index contributed by atoms with van der Waals surface area (Å²) in [5.74, 6) is 0.539. The summed E-state index contributed by atoms with van der Waals surface area (Å²) in [5, 5.41) is 0. The molecule has 0 bridgehead atoms. The van der Waals surface area contributed by atoms with Crippen molar-refractivity contribution in [1.29, 1.82) is 0 Å². The minimum absolute atomic E-state index is 0.172. The first-order chi connectivity index (χ1) is 4.63. The summed E-state index contributed by atoms with van der Waals surface area (Å²) in [6.45, 7) is 3.97. The Bertz CT molecular complexity index is 102. The lowest BCUT2D eigenvalue weighted by molar-refractivity contribution is 0.116. The van der Waals surface area contributed by atoms with E-state index in [0.29, 0.717) is 5.92 Å². The summed E-state index contributed by atoms with van der Waals surface area (Å²) in [6, 6.07) is -0.219. The van der Waals surface area contributed by atoms with Gasteiger partial charge in [0.1, 0.15) is 6.17 Å². The molecule has 1 fully saturated rings. The van der Waals surface area contributed by atoms with Gasteiger partial charge in [-0.05, 0) is 24.7 Å². The zero-order valence-electron chi connectivity index (χ0n) is 6.68. The molecule has 1 aliphatic carbocycles. The van der Waals surface area contributed by atoms with Crippen LogP contribution in [0, 0.1) is 11.8 Å². The Morgan fingerprint density at radius 2 is 1.70 bits per heavy atom. The van der Waals surface area contributed by atoms with Gasteiger partial charge in [-0.25, -0.2) is 4.39 Å². The van der Waals surface area contributed by atoms with Crippen molar-refractivity contribution in [2.24, 2.45) is 17.6 Å². The van der Waals surface area contributed by atoms with E-state index in [9.17, 15) is 4.39 Å². The Balaban J connectivity index is 2.52. The third kappa shape index (κ3) is 1.31. The molecule has 60 valence electrons. The van der Waals surface area contributed by atoms with E-state index < -0.39 is 6.17 Å². The molecule has 2 N–H and O–H groups in total. The van der Waals surface area contributed by atoms with Crippen molar-refractivity contribution in [2.75, 3.05) is 0 Å². The second-order valence-corrected chi connectivity index (χ2v) is 3.55. The van der Waals surface area contributed by atoms with Crippen molar-refractivity contribution >= 4 is 0 Å². The molecule has 0 amide bonds. The van der Waals surface area contributed by atoms with Crippen LogP contribution >= 0.6 is 0 Å². The van der Waals surface area contributed by atoms with Crippen LogP contribution in [0.4, 0.5) is 4.39 Å². The van der Waals surface area contributed by atoms with Gasteiger partial charge in [-0.15, -0.1) is 0 Å². The van der Waals surface area contributed by atoms with Crippen LogP contribution in [0.1, 0.15) is 26.7 Å². The fourth-order valence-corrected chi connectivity index (χ4v) is 1.57. The smallest absolute Gasteiger partial charge is 0.118 e. The molecule has 1 rings (SSSR count). The largest absolute Gasteiger partial charge is 0.325 e. The van der Waals surface area contributed by atoms with Gasteiger partial charge in [0.25, 0.3) is 0 Å². The second kappa shape index (κ2) is 2.87. The molecule has 2 heteroatoms. The quantitative estimate of drug-likeness (QED) is 0.552. The van der Waals surface area contributed by atoms with Crippen LogP contribution in [0.5, 0.6) is 0 Å². The number of halogens is 1. The Morgan fingerprint density at radius 3 is 2.20 bits per heavy atom. The molecule has 0 radical (unpaired) electrons. The molecule has 4 atom stereocenters. The Labute approximate surface area is 61.8 Å². The molecule has 0 aliphatic heterocycles. The molecule has 0 aromatic rings. The van der Waals surface area contributed by atoms with Gasteiger partial charge in [-0.2, -0.15) is 0 Å². The molecule has 10 heavy (non-hydrogen) atoms. The minimum Gasteiger partial charge on any atom is -0.325 e. The average molecular weight is 145 g/mol. The molecule has 0 aromatic carbocycles. The summed E-state index contributed by atoms with van der Waals surface area (Å²) in [7, 11) is 0. The molecule has 0 unspecified atom stereocenters. The van der Waals surface area contributed by atoms with Crippen molar-refractivity contribution in [3.63, 3.8) is 0 Å². The first-order valence-electron chi connectivity index (χ1n) is 4.02. The summed E-state index contributed by atoms with van der Waals surface area (Å²) >= 11 is 0. The van der Waals surface area contributed by atoms with Crippen molar-refractivity contribution < 1.29 is 4.39 Å². The highest BCUT2D eigenvalue weighted by Gasteiger charge is 2.32. The average Bonchev–Trinajstić information content (AvgIpc) is 1.93. The third-order valence-corrected chi connectivity index (χ3v) is 2.65. The molecule has 0 aromatic heterocycles. The molecule has 0 spiro atoms. The van der Waals surface area contributed by atoms with Gasteiger partial charge < -0.3 is 5.73 Å². The summed E-state index contributed by atoms with van der Waals surface area (Å²) in [4.78, 5) is 0. The number of alkyl halides is 1. The lowest BCUT2D eigenvalue weighted by atomic mass is 9.79. The minimum atomic E-state index is -0.774. The zero-order chi connectivity index (χ0) is 7.72. The highest BCUT2D eigenvalue weighted by Crippen LogP contribution is 2.29. The van der Waals surface area contributed by atoms with Gasteiger partial charge in [0.15, 0.2) is 0 Å². The van der Waals surface area contributed by atoms with E-state index in [4.69, 9.17) is 5.73 Å². The molecule has 0 saturated heterocycles. The predicted molar refractivity (Wildman–Crippen MR) is 40.4 cm³/mol. The van der Waals surface area contributed by atoms with E-state index in [1.807, 2.05) is 13.8 Å². The first-order valence-corrected chi connectivity index (χ1v) is 4.02. The molecule has 1 saturated carbocycles. The number of hydrogen-bond acceptors (Lipinski definition) is 1. The number of nitrogens with two attached hydrogens (primary N) is 1. The fraction of sp³-hybridized carbons (Fsp3) is 1.00.